The van der Waals surface area contributed by atoms with Crippen LogP contribution in [0.1, 0.15) is 6.92 Å². The number of benzene rings is 2. The zero-order valence-corrected chi connectivity index (χ0v) is 16.3. The highest BCUT2D eigenvalue weighted by Gasteiger charge is 2.15. The molecule has 5 N–H and O–H groups in total. The van der Waals surface area contributed by atoms with Crippen LogP contribution in [0.25, 0.3) is 33.7 Å². The lowest BCUT2D eigenvalue weighted by Gasteiger charge is -2.13. The van der Waals surface area contributed by atoms with Gasteiger partial charge in [0.25, 0.3) is 5.56 Å². The minimum atomic E-state index is -1.04. The van der Waals surface area contributed by atoms with Gasteiger partial charge < -0.3 is 25.3 Å². The lowest BCUT2D eigenvalue weighted by molar-refractivity contribution is -0.134. The van der Waals surface area contributed by atoms with Crippen molar-refractivity contribution in [1.82, 2.24) is 25.4 Å². The quantitative estimate of drug-likeness (QED) is 0.280. The van der Waals surface area contributed by atoms with Gasteiger partial charge in [0.1, 0.15) is 23.9 Å². The second-order valence-corrected chi connectivity index (χ2v) is 6.55. The molecule has 0 fully saturated rings. The van der Waals surface area contributed by atoms with Crippen molar-refractivity contribution < 1.29 is 19.7 Å². The van der Waals surface area contributed by atoms with Crippen molar-refractivity contribution in [2.75, 3.05) is 18.5 Å². The Morgan fingerprint density at radius 2 is 1.97 bits per heavy atom. The van der Waals surface area contributed by atoms with Gasteiger partial charge in [0.05, 0.1) is 17.9 Å². The van der Waals surface area contributed by atoms with Crippen LogP contribution in [0.2, 0.25) is 0 Å². The van der Waals surface area contributed by atoms with E-state index in [0.717, 1.165) is 11.1 Å². The van der Waals surface area contributed by atoms with Crippen molar-refractivity contribution in [2.24, 2.45) is 0 Å². The van der Waals surface area contributed by atoms with Crippen LogP contribution in [-0.4, -0.2) is 54.7 Å². The van der Waals surface area contributed by atoms with E-state index in [1.807, 2.05) is 6.92 Å². The third-order valence-corrected chi connectivity index (χ3v) is 4.50. The summed E-state index contributed by atoms with van der Waals surface area (Å²) in [6, 6.07) is 10.2. The van der Waals surface area contributed by atoms with Crippen molar-refractivity contribution in [3.63, 3.8) is 0 Å². The van der Waals surface area contributed by atoms with E-state index in [2.05, 4.69) is 30.7 Å². The maximum Gasteiger partial charge on any atom is 0.322 e. The van der Waals surface area contributed by atoms with Crippen LogP contribution in [0.15, 0.2) is 41.2 Å². The first-order valence-electron chi connectivity index (χ1n) is 9.33. The monoisotopic (exact) mass is 422 g/mol. The number of aromatic amines is 2. The van der Waals surface area contributed by atoms with Crippen LogP contribution < -0.4 is 15.6 Å². The summed E-state index contributed by atoms with van der Waals surface area (Å²) in [5.41, 5.74) is 2.31. The van der Waals surface area contributed by atoms with Crippen molar-refractivity contribution in [3.8, 4) is 34.0 Å². The minimum Gasteiger partial charge on any atom is -0.506 e. The molecule has 2 heterocycles. The Labute approximate surface area is 174 Å². The minimum absolute atomic E-state index is 0.0603. The van der Waals surface area contributed by atoms with Gasteiger partial charge in [0, 0.05) is 0 Å². The van der Waals surface area contributed by atoms with Gasteiger partial charge in [-0.1, -0.05) is 17.3 Å². The first-order chi connectivity index (χ1) is 15.0. The maximum atomic E-state index is 12.2. The van der Waals surface area contributed by atoms with Gasteiger partial charge in [0.15, 0.2) is 11.2 Å². The third-order valence-electron chi connectivity index (χ3n) is 4.50. The number of rotatable bonds is 7. The highest BCUT2D eigenvalue weighted by atomic mass is 16.5. The molecule has 4 aromatic rings. The number of aliphatic carboxylic acids is 1. The fourth-order valence-electron chi connectivity index (χ4n) is 3.09. The summed E-state index contributed by atoms with van der Waals surface area (Å²) < 4.78 is 5.77. The summed E-state index contributed by atoms with van der Waals surface area (Å²) in [5, 5.41) is 31.4. The number of carboxylic acids is 1. The number of carboxylic acid groups (broad SMARTS) is 1. The molecule has 0 aliphatic heterocycles. The predicted octanol–water partition coefficient (Wildman–Crippen LogP) is 1.98. The number of phenols is 1. The molecule has 2 aromatic carbocycles. The molecule has 0 saturated heterocycles. The fourth-order valence-corrected chi connectivity index (χ4v) is 3.09. The van der Waals surface area contributed by atoms with E-state index in [9.17, 15) is 14.7 Å². The second-order valence-electron chi connectivity index (χ2n) is 6.55. The molecule has 0 aliphatic carbocycles. The molecule has 0 aliphatic rings. The van der Waals surface area contributed by atoms with Crippen LogP contribution in [-0.2, 0) is 4.79 Å². The topological polar surface area (TPSA) is 166 Å². The Bertz CT molecular complexity index is 1330. The normalized spacial score (nSPS) is 10.9. The van der Waals surface area contributed by atoms with Crippen LogP contribution in [0, 0.1) is 0 Å². The summed E-state index contributed by atoms with van der Waals surface area (Å²) in [5.74, 6) is -0.315. The van der Waals surface area contributed by atoms with Gasteiger partial charge in [-0.15, -0.1) is 5.10 Å². The Balaban J connectivity index is 1.76. The van der Waals surface area contributed by atoms with E-state index < -0.39 is 11.5 Å². The van der Waals surface area contributed by atoms with Gasteiger partial charge in [-0.3, -0.25) is 9.59 Å². The Morgan fingerprint density at radius 1 is 1.19 bits per heavy atom. The molecule has 2 aromatic heterocycles. The summed E-state index contributed by atoms with van der Waals surface area (Å²) in [4.78, 5) is 30.1. The number of aromatic nitrogens is 5. The van der Waals surface area contributed by atoms with Crippen molar-refractivity contribution in [3.05, 3.63) is 46.8 Å². The van der Waals surface area contributed by atoms with Gasteiger partial charge >= 0.3 is 5.97 Å². The summed E-state index contributed by atoms with van der Waals surface area (Å²) in [6.45, 7) is 1.89. The highest BCUT2D eigenvalue weighted by Crippen LogP contribution is 2.35. The number of phenolic OH excluding ortho intramolecular Hbond substituents is 1. The van der Waals surface area contributed by atoms with E-state index in [1.54, 1.807) is 30.3 Å². The first kappa shape index (κ1) is 19.9. The highest BCUT2D eigenvalue weighted by molar-refractivity contribution is 5.79. The van der Waals surface area contributed by atoms with E-state index in [-0.39, 0.29) is 23.5 Å². The second kappa shape index (κ2) is 8.14. The molecular weight excluding hydrogens is 404 g/mol. The van der Waals surface area contributed by atoms with Crippen molar-refractivity contribution in [1.29, 1.82) is 0 Å². The van der Waals surface area contributed by atoms with Gasteiger partial charge in [-0.05, 0) is 42.3 Å². The molecule has 11 nitrogen and oxygen atoms in total. The number of fused-ring (bicyclic) bond motifs is 1. The number of anilines is 1. The number of nitrogens with one attached hydrogen (secondary N) is 3. The number of hydrogen-bond donors (Lipinski definition) is 5. The van der Waals surface area contributed by atoms with Gasteiger partial charge in [-0.2, -0.15) is 0 Å². The van der Waals surface area contributed by atoms with Crippen LogP contribution in [0.4, 0.5) is 5.69 Å². The maximum absolute atomic E-state index is 12.2. The summed E-state index contributed by atoms with van der Waals surface area (Å²) in [7, 11) is 0. The zero-order chi connectivity index (χ0) is 22.0. The zero-order valence-electron chi connectivity index (χ0n) is 16.3. The number of ether oxygens (including phenoxy) is 1. The van der Waals surface area contributed by atoms with Gasteiger partial charge in [-0.25, -0.2) is 10.1 Å². The lowest BCUT2D eigenvalue weighted by atomic mass is 10.0. The molecule has 0 radical (unpaired) electrons. The van der Waals surface area contributed by atoms with Crippen LogP contribution >= 0.6 is 0 Å². The SMILES string of the molecule is CCOc1cc(-c2ccc(O)c(NCC(=O)O)c2)ccc1-c1nc2[nH]nnc2c(=O)[nH]1. The average Bonchev–Trinajstić information content (AvgIpc) is 3.22. The van der Waals surface area contributed by atoms with E-state index in [4.69, 9.17) is 9.84 Å². The lowest BCUT2D eigenvalue weighted by Crippen LogP contribution is -2.12. The predicted molar refractivity (Wildman–Crippen MR) is 112 cm³/mol. The molecule has 31 heavy (non-hydrogen) atoms. The van der Waals surface area contributed by atoms with Crippen LogP contribution in [0.5, 0.6) is 11.5 Å². The molecule has 0 saturated carbocycles. The number of aromatic hydroxyl groups is 1. The van der Waals surface area contributed by atoms with Crippen molar-refractivity contribution >= 4 is 22.8 Å². The molecule has 158 valence electrons. The smallest absolute Gasteiger partial charge is 0.322 e. The largest absolute Gasteiger partial charge is 0.506 e. The Hall–Kier alpha value is -4.41. The third kappa shape index (κ3) is 4.01. The number of carbonyl (C=O) groups is 1. The van der Waals surface area contributed by atoms with Crippen molar-refractivity contribution in [2.45, 2.75) is 6.92 Å². The summed E-state index contributed by atoms with van der Waals surface area (Å²) in [6.07, 6.45) is 0. The first-order valence-corrected chi connectivity index (χ1v) is 9.33. The van der Waals surface area contributed by atoms with Gasteiger partial charge in [0.2, 0.25) is 0 Å². The molecule has 0 amide bonds. The molecule has 0 bridgehead atoms. The standard InChI is InChI=1S/C20H18N6O5/c1-2-31-15-8-11(10-4-6-14(27)13(7-10)21-9-16(28)29)3-5-12(15)18-22-19-17(20(30)23-18)24-26-25-19/h3-8,21,27H,2,9H2,1H3,(H,28,29)(H2,22,23,24,25,26,30). The Morgan fingerprint density at radius 3 is 2.74 bits per heavy atom. The number of H-pyrrole nitrogens is 2. The fraction of sp³-hybridized carbons (Fsp3) is 0.150. The number of hydrogen-bond acceptors (Lipinski definition) is 8. The van der Waals surface area contributed by atoms with E-state index >= 15 is 0 Å². The average molecular weight is 422 g/mol. The number of nitrogens with zero attached hydrogens (tertiary/aromatic N) is 3. The van der Waals surface area contributed by atoms with Crippen LogP contribution in [0.3, 0.4) is 0 Å². The van der Waals surface area contributed by atoms with E-state index in [0.29, 0.717) is 29.4 Å². The Kier molecular flexibility index (Phi) is 5.22. The van der Waals surface area contributed by atoms with E-state index in [1.165, 1.54) is 6.07 Å². The molecule has 4 rings (SSSR count). The molecular formula is C20H18N6O5. The summed E-state index contributed by atoms with van der Waals surface area (Å²) >= 11 is 0. The molecule has 11 heteroatoms. The molecule has 0 unspecified atom stereocenters. The molecule has 0 atom stereocenters. The molecule has 0 spiro atoms.